The van der Waals surface area contributed by atoms with Crippen LogP contribution in [0.1, 0.15) is 33.6 Å². The van der Waals surface area contributed by atoms with E-state index in [0.717, 1.165) is 38.5 Å². The Labute approximate surface area is 114 Å². The van der Waals surface area contributed by atoms with Crippen LogP contribution in [0.25, 0.3) is 0 Å². The molecule has 1 amide bonds. The number of H-pyrrole nitrogens is 1. The third-order valence-electron chi connectivity index (χ3n) is 3.42. The number of nitrogens with one attached hydrogen (secondary N) is 1. The number of anilines is 1. The highest BCUT2D eigenvalue weighted by Gasteiger charge is 2.23. The predicted molar refractivity (Wildman–Crippen MR) is 73.9 cm³/mol. The molecule has 1 saturated heterocycles. The topological polar surface area (TPSA) is 65.1 Å². The lowest BCUT2D eigenvalue weighted by Crippen LogP contribution is -2.49. The molecule has 1 N–H and O–H groups in total. The van der Waals surface area contributed by atoms with Crippen molar-refractivity contribution in [1.82, 2.24) is 20.1 Å². The van der Waals surface area contributed by atoms with E-state index in [-0.39, 0.29) is 11.3 Å². The van der Waals surface area contributed by atoms with E-state index in [0.29, 0.717) is 6.42 Å². The molecule has 6 heteroatoms. The summed E-state index contributed by atoms with van der Waals surface area (Å²) in [7, 11) is 0. The van der Waals surface area contributed by atoms with E-state index in [1.54, 1.807) is 0 Å². The molecular weight excluding hydrogens is 242 g/mol. The Balaban J connectivity index is 1.78. The maximum Gasteiger partial charge on any atom is 0.222 e. The van der Waals surface area contributed by atoms with Crippen molar-refractivity contribution in [2.24, 2.45) is 5.41 Å². The second-order valence-corrected chi connectivity index (χ2v) is 6.24. The zero-order valence-corrected chi connectivity index (χ0v) is 12.0. The van der Waals surface area contributed by atoms with Crippen molar-refractivity contribution in [3.63, 3.8) is 0 Å². The first-order valence-electron chi connectivity index (χ1n) is 6.84. The molecule has 1 fully saturated rings. The van der Waals surface area contributed by atoms with Crippen LogP contribution in [-0.2, 0) is 4.79 Å². The van der Waals surface area contributed by atoms with Crippen molar-refractivity contribution in [2.75, 3.05) is 31.1 Å². The monoisotopic (exact) mass is 265 g/mol. The summed E-state index contributed by atoms with van der Waals surface area (Å²) in [6.07, 6.45) is 3.09. The molecule has 1 aliphatic heterocycles. The first-order chi connectivity index (χ1) is 8.96. The molecule has 0 unspecified atom stereocenters. The number of hydrogen-bond acceptors (Lipinski definition) is 4. The Morgan fingerprint density at radius 2 is 2.00 bits per heavy atom. The van der Waals surface area contributed by atoms with Gasteiger partial charge in [-0.25, -0.2) is 5.10 Å². The highest BCUT2D eigenvalue weighted by Crippen LogP contribution is 2.21. The number of hydrogen-bond donors (Lipinski definition) is 1. The van der Waals surface area contributed by atoms with Crippen LogP contribution in [0.2, 0.25) is 0 Å². The van der Waals surface area contributed by atoms with Gasteiger partial charge in [-0.2, -0.15) is 10.1 Å². The number of aromatic amines is 1. The van der Waals surface area contributed by atoms with E-state index < -0.39 is 0 Å². The van der Waals surface area contributed by atoms with Crippen molar-refractivity contribution in [2.45, 2.75) is 33.6 Å². The van der Waals surface area contributed by atoms with Crippen molar-refractivity contribution < 1.29 is 4.79 Å². The molecule has 6 nitrogen and oxygen atoms in total. The summed E-state index contributed by atoms with van der Waals surface area (Å²) >= 11 is 0. The molecule has 0 aliphatic carbocycles. The summed E-state index contributed by atoms with van der Waals surface area (Å²) in [5.41, 5.74) is 0.220. The number of carbonyl (C=O) groups is 1. The van der Waals surface area contributed by atoms with Crippen LogP contribution in [0.3, 0.4) is 0 Å². The van der Waals surface area contributed by atoms with Gasteiger partial charge in [0, 0.05) is 32.6 Å². The Kier molecular flexibility index (Phi) is 4.07. The predicted octanol–water partition coefficient (Wildman–Crippen LogP) is 1.28. The summed E-state index contributed by atoms with van der Waals surface area (Å²) in [6, 6.07) is 0. The van der Waals surface area contributed by atoms with E-state index in [1.165, 1.54) is 6.33 Å². The van der Waals surface area contributed by atoms with Crippen molar-refractivity contribution >= 4 is 11.9 Å². The lowest BCUT2D eigenvalue weighted by Gasteiger charge is -2.34. The van der Waals surface area contributed by atoms with Crippen molar-refractivity contribution in [1.29, 1.82) is 0 Å². The first kappa shape index (κ1) is 13.8. The Hall–Kier alpha value is -1.59. The SMILES string of the molecule is CC(C)(C)CCC(=O)N1CCN(c2ncn[nH]2)CC1. The van der Waals surface area contributed by atoms with Gasteiger partial charge in [0.15, 0.2) is 0 Å². The Bertz CT molecular complexity index is 401. The maximum atomic E-state index is 12.1. The lowest BCUT2D eigenvalue weighted by molar-refractivity contribution is -0.132. The van der Waals surface area contributed by atoms with Crippen molar-refractivity contribution in [3.05, 3.63) is 6.33 Å². The van der Waals surface area contributed by atoms with E-state index >= 15 is 0 Å². The van der Waals surface area contributed by atoms with Gasteiger partial charge in [0.05, 0.1) is 0 Å². The van der Waals surface area contributed by atoms with E-state index in [2.05, 4.69) is 40.9 Å². The second kappa shape index (κ2) is 5.59. The van der Waals surface area contributed by atoms with Gasteiger partial charge in [-0.05, 0) is 11.8 Å². The number of nitrogens with zero attached hydrogens (tertiary/aromatic N) is 4. The van der Waals surface area contributed by atoms with Gasteiger partial charge in [-0.3, -0.25) is 4.79 Å². The summed E-state index contributed by atoms with van der Waals surface area (Å²) in [5.74, 6) is 1.06. The van der Waals surface area contributed by atoms with Crippen LogP contribution in [0.15, 0.2) is 6.33 Å². The van der Waals surface area contributed by atoms with Crippen molar-refractivity contribution in [3.8, 4) is 0 Å². The zero-order valence-electron chi connectivity index (χ0n) is 12.0. The maximum absolute atomic E-state index is 12.1. The summed E-state index contributed by atoms with van der Waals surface area (Å²) in [5, 5.41) is 6.71. The fraction of sp³-hybridized carbons (Fsp3) is 0.769. The van der Waals surface area contributed by atoms with E-state index in [4.69, 9.17) is 0 Å². The minimum absolute atomic E-state index is 0.220. The van der Waals surface area contributed by atoms with E-state index in [9.17, 15) is 4.79 Å². The van der Waals surface area contributed by atoms with Crippen LogP contribution < -0.4 is 4.90 Å². The van der Waals surface area contributed by atoms with E-state index in [1.807, 2.05) is 4.90 Å². The van der Waals surface area contributed by atoms with Crippen LogP contribution in [-0.4, -0.2) is 52.2 Å². The molecule has 0 bridgehead atoms. The highest BCUT2D eigenvalue weighted by atomic mass is 16.2. The minimum atomic E-state index is 0.220. The third kappa shape index (κ3) is 3.94. The molecule has 106 valence electrons. The fourth-order valence-electron chi connectivity index (χ4n) is 2.16. The molecule has 0 saturated carbocycles. The lowest BCUT2D eigenvalue weighted by atomic mass is 9.90. The summed E-state index contributed by atoms with van der Waals surface area (Å²) in [4.78, 5) is 20.3. The van der Waals surface area contributed by atoms with Crippen LogP contribution in [0.5, 0.6) is 0 Å². The quantitative estimate of drug-likeness (QED) is 0.894. The molecule has 1 aromatic rings. The molecule has 2 heterocycles. The number of rotatable bonds is 3. The standard InChI is InChI=1S/C13H23N5O/c1-13(2,3)5-4-11(19)17-6-8-18(9-7-17)12-14-10-15-16-12/h10H,4-9H2,1-3H3,(H,14,15,16). The van der Waals surface area contributed by atoms with Gasteiger partial charge < -0.3 is 9.80 Å². The van der Waals surface area contributed by atoms with Gasteiger partial charge in [-0.1, -0.05) is 20.8 Å². The Morgan fingerprint density at radius 3 is 2.53 bits per heavy atom. The number of piperazine rings is 1. The molecular formula is C13H23N5O. The second-order valence-electron chi connectivity index (χ2n) is 6.24. The van der Waals surface area contributed by atoms with Gasteiger partial charge in [0.25, 0.3) is 0 Å². The average molecular weight is 265 g/mol. The largest absolute Gasteiger partial charge is 0.339 e. The fourth-order valence-corrected chi connectivity index (χ4v) is 2.16. The highest BCUT2D eigenvalue weighted by molar-refractivity contribution is 5.76. The van der Waals surface area contributed by atoms with Crippen LogP contribution in [0.4, 0.5) is 5.95 Å². The van der Waals surface area contributed by atoms with Gasteiger partial charge in [-0.15, -0.1) is 0 Å². The molecule has 0 spiro atoms. The summed E-state index contributed by atoms with van der Waals surface area (Å²) < 4.78 is 0. The Morgan fingerprint density at radius 1 is 1.32 bits per heavy atom. The van der Waals surface area contributed by atoms with Crippen LogP contribution >= 0.6 is 0 Å². The molecule has 0 aromatic carbocycles. The molecule has 1 aromatic heterocycles. The normalized spacial score (nSPS) is 16.8. The molecule has 0 atom stereocenters. The number of carbonyl (C=O) groups excluding carboxylic acids is 1. The molecule has 2 rings (SSSR count). The van der Waals surface area contributed by atoms with Gasteiger partial charge in [0.2, 0.25) is 11.9 Å². The number of aromatic nitrogens is 3. The molecule has 19 heavy (non-hydrogen) atoms. The minimum Gasteiger partial charge on any atom is -0.339 e. The zero-order chi connectivity index (χ0) is 13.9. The van der Waals surface area contributed by atoms with Crippen LogP contribution in [0, 0.1) is 5.41 Å². The third-order valence-corrected chi connectivity index (χ3v) is 3.42. The first-order valence-corrected chi connectivity index (χ1v) is 6.84. The smallest absolute Gasteiger partial charge is 0.222 e. The van der Waals surface area contributed by atoms with Gasteiger partial charge >= 0.3 is 0 Å². The number of amides is 1. The van der Waals surface area contributed by atoms with Gasteiger partial charge in [0.1, 0.15) is 6.33 Å². The average Bonchev–Trinajstić information content (AvgIpc) is 2.89. The molecule has 1 aliphatic rings. The molecule has 0 radical (unpaired) electrons. The summed E-state index contributed by atoms with van der Waals surface area (Å²) in [6.45, 7) is 9.67.